The summed E-state index contributed by atoms with van der Waals surface area (Å²) in [5.74, 6) is -32.0. The first-order valence-electron chi connectivity index (χ1n) is 4.46. The fraction of sp³-hybridized carbons (Fsp3) is 1.00. The van der Waals surface area contributed by atoms with Crippen molar-refractivity contribution >= 4 is 0 Å². The number of alkyl halides is 13. The Hall–Kier alpha value is -1.71. The van der Waals surface area contributed by atoms with Gasteiger partial charge >= 0.3 is 41.1 Å². The van der Waals surface area contributed by atoms with Gasteiger partial charge in [0, 0.05) is 0 Å². The molecule has 0 amide bonds. The Kier molecular flexibility index (Phi) is 4.77. The zero-order chi connectivity index (χ0) is 19.3. The Morgan fingerprint density at radius 2 is 0.913 bits per heavy atom. The van der Waals surface area contributed by atoms with E-state index in [-0.39, 0.29) is 0 Å². The summed E-state index contributed by atoms with van der Waals surface area (Å²) in [6, 6.07) is 0. The van der Waals surface area contributed by atoms with Gasteiger partial charge in [0.1, 0.15) is 0 Å². The Balaban J connectivity index is 6.19. The minimum atomic E-state index is -8.12. The highest BCUT2D eigenvalue weighted by Crippen LogP contribution is 2.60. The minimum Gasteiger partial charge on any atom is -0.230 e. The molecule has 4 nitrogen and oxygen atoms in total. The van der Waals surface area contributed by atoms with Crippen LogP contribution in [0.1, 0.15) is 0 Å². The molecule has 0 bridgehead atoms. The molecule has 0 spiro atoms. The van der Waals surface area contributed by atoms with E-state index in [0.29, 0.717) is 0 Å². The van der Waals surface area contributed by atoms with Gasteiger partial charge in [-0.05, 0) is 0 Å². The number of nitrogens with zero attached hydrogens (tertiary/aromatic N) is 1. The first-order valence-corrected chi connectivity index (χ1v) is 4.46. The highest BCUT2D eigenvalue weighted by molar-refractivity contribution is 5.08. The molecule has 0 atom stereocenters. The van der Waals surface area contributed by atoms with Crippen LogP contribution in [-0.4, -0.2) is 41.1 Å². The SMILES string of the molecule is O=[N+]([O-])OC(F)(F)C(F)(F)C(F)(F)C(F)(F)C(F)(F)C(F)(F)F. The summed E-state index contributed by atoms with van der Waals surface area (Å²) in [7, 11) is 0. The van der Waals surface area contributed by atoms with Gasteiger partial charge in [-0.25, -0.2) is 4.84 Å². The van der Waals surface area contributed by atoms with Gasteiger partial charge < -0.3 is 0 Å². The summed E-state index contributed by atoms with van der Waals surface area (Å²) in [6.07, 6.45) is -14.7. The van der Waals surface area contributed by atoms with E-state index in [1.165, 1.54) is 0 Å². The predicted molar refractivity (Wildman–Crippen MR) is 38.9 cm³/mol. The summed E-state index contributed by atoms with van der Waals surface area (Å²) < 4.78 is 160. The fourth-order valence-corrected chi connectivity index (χ4v) is 0.906. The first kappa shape index (κ1) is 21.3. The molecule has 0 saturated carbocycles. The van der Waals surface area contributed by atoms with E-state index in [0.717, 1.165) is 0 Å². The van der Waals surface area contributed by atoms with Gasteiger partial charge in [-0.1, -0.05) is 0 Å². The van der Waals surface area contributed by atoms with Gasteiger partial charge in [-0.15, -0.1) is 10.1 Å². The second kappa shape index (κ2) is 5.15. The van der Waals surface area contributed by atoms with Crippen molar-refractivity contribution in [3.8, 4) is 0 Å². The number of hydrogen-bond acceptors (Lipinski definition) is 3. The van der Waals surface area contributed by atoms with Crippen LogP contribution >= 0.6 is 0 Å². The second-order valence-electron chi connectivity index (χ2n) is 3.63. The van der Waals surface area contributed by atoms with E-state index in [1.54, 1.807) is 4.84 Å². The Morgan fingerprint density at radius 3 is 1.17 bits per heavy atom. The summed E-state index contributed by atoms with van der Waals surface area (Å²) in [5.41, 5.74) is 0. The number of hydrogen-bond donors (Lipinski definition) is 0. The van der Waals surface area contributed by atoms with Crippen LogP contribution in [0.5, 0.6) is 0 Å². The van der Waals surface area contributed by atoms with Crippen LogP contribution in [0.15, 0.2) is 0 Å². The first-order chi connectivity index (χ1) is 9.67. The average molecular weight is 381 g/mol. The van der Waals surface area contributed by atoms with Crippen molar-refractivity contribution in [2.24, 2.45) is 0 Å². The zero-order valence-electron chi connectivity index (χ0n) is 9.59. The summed E-state index contributed by atoms with van der Waals surface area (Å²) in [4.78, 5) is 11.1. The van der Waals surface area contributed by atoms with Crippen molar-refractivity contribution in [3.63, 3.8) is 0 Å². The lowest BCUT2D eigenvalue weighted by atomic mass is 9.97. The lowest BCUT2D eigenvalue weighted by Crippen LogP contribution is -2.70. The van der Waals surface area contributed by atoms with E-state index >= 15 is 0 Å². The van der Waals surface area contributed by atoms with Crippen LogP contribution in [0, 0.1) is 10.1 Å². The van der Waals surface area contributed by atoms with Crippen LogP contribution in [-0.2, 0) is 4.84 Å². The summed E-state index contributed by atoms with van der Waals surface area (Å²) >= 11 is 0. The van der Waals surface area contributed by atoms with E-state index in [1.807, 2.05) is 0 Å². The molecule has 0 aromatic carbocycles. The Labute approximate surface area is 114 Å². The van der Waals surface area contributed by atoms with Gasteiger partial charge in [-0.3, -0.25) is 0 Å². The Bertz CT molecular complexity index is 469. The van der Waals surface area contributed by atoms with Crippen molar-refractivity contribution in [1.29, 1.82) is 0 Å². The second-order valence-corrected chi connectivity index (χ2v) is 3.63. The van der Waals surface area contributed by atoms with Gasteiger partial charge in [0.15, 0.2) is 0 Å². The summed E-state index contributed by atoms with van der Waals surface area (Å²) in [5, 5.41) is 6.52. The van der Waals surface area contributed by atoms with Crippen LogP contribution < -0.4 is 0 Å². The van der Waals surface area contributed by atoms with E-state index in [2.05, 4.69) is 0 Å². The zero-order valence-corrected chi connectivity index (χ0v) is 9.59. The Morgan fingerprint density at radius 1 is 0.609 bits per heavy atom. The van der Waals surface area contributed by atoms with Crippen molar-refractivity contribution < 1.29 is 67.0 Å². The highest BCUT2D eigenvalue weighted by Gasteiger charge is 2.91. The third-order valence-electron chi connectivity index (χ3n) is 2.09. The quantitative estimate of drug-likeness (QED) is 0.399. The molecule has 0 heterocycles. The topological polar surface area (TPSA) is 52.4 Å². The molecule has 138 valence electrons. The van der Waals surface area contributed by atoms with E-state index in [9.17, 15) is 67.2 Å². The van der Waals surface area contributed by atoms with Crippen LogP contribution in [0.3, 0.4) is 0 Å². The molecule has 0 aliphatic carbocycles. The van der Waals surface area contributed by atoms with E-state index in [4.69, 9.17) is 0 Å². The van der Waals surface area contributed by atoms with Gasteiger partial charge in [0.25, 0.3) is 0 Å². The standard InChI is InChI=1S/C6F13NO3/c7-1(8,3(11,12)5(15,16)17)2(9,10)4(13,14)6(18,19)23-20(21)22. The van der Waals surface area contributed by atoms with Crippen LogP contribution in [0.25, 0.3) is 0 Å². The van der Waals surface area contributed by atoms with E-state index < -0.39 is 41.1 Å². The largest absolute Gasteiger partial charge is 0.462 e. The molecule has 0 aromatic heterocycles. The van der Waals surface area contributed by atoms with Crippen LogP contribution in [0.2, 0.25) is 0 Å². The molecule has 0 aliphatic heterocycles. The molecule has 0 unspecified atom stereocenters. The molecule has 17 heteroatoms. The normalized spacial score (nSPS) is 15.5. The third-order valence-corrected chi connectivity index (χ3v) is 2.09. The van der Waals surface area contributed by atoms with Gasteiger partial charge in [0.05, 0.1) is 0 Å². The van der Waals surface area contributed by atoms with Crippen molar-refractivity contribution in [2.45, 2.75) is 36.0 Å². The molecule has 0 fully saturated rings. The number of halogens is 13. The third kappa shape index (κ3) is 2.91. The maximum Gasteiger partial charge on any atom is 0.462 e. The van der Waals surface area contributed by atoms with Crippen molar-refractivity contribution in [1.82, 2.24) is 0 Å². The highest BCUT2D eigenvalue weighted by atomic mass is 19.4. The smallest absolute Gasteiger partial charge is 0.230 e. The lowest BCUT2D eigenvalue weighted by Gasteiger charge is -2.38. The lowest BCUT2D eigenvalue weighted by molar-refractivity contribution is -0.812. The molecule has 0 radical (unpaired) electrons. The minimum absolute atomic E-state index is 1.68. The van der Waals surface area contributed by atoms with Crippen LogP contribution in [0.4, 0.5) is 57.1 Å². The van der Waals surface area contributed by atoms with Crippen molar-refractivity contribution in [2.75, 3.05) is 0 Å². The van der Waals surface area contributed by atoms with Gasteiger partial charge in [0.2, 0.25) is 0 Å². The fourth-order valence-electron chi connectivity index (χ4n) is 0.906. The monoisotopic (exact) mass is 381 g/mol. The molecular formula is C6F13NO3. The summed E-state index contributed by atoms with van der Waals surface area (Å²) in [6.45, 7) is 0. The number of rotatable bonds is 6. The molecule has 0 aliphatic rings. The molecule has 0 saturated heterocycles. The molecule has 0 rings (SSSR count). The molecule has 23 heavy (non-hydrogen) atoms. The predicted octanol–water partition coefficient (Wildman–Crippen LogP) is 3.89. The molecular weight excluding hydrogens is 381 g/mol. The maximum absolute atomic E-state index is 12.7. The maximum atomic E-state index is 12.7. The average Bonchev–Trinajstić information content (AvgIpc) is 2.24. The molecule has 0 aromatic rings. The molecule has 0 N–H and O–H groups in total. The van der Waals surface area contributed by atoms with Crippen molar-refractivity contribution in [3.05, 3.63) is 10.1 Å². The van der Waals surface area contributed by atoms with Gasteiger partial charge in [-0.2, -0.15) is 57.1 Å².